The van der Waals surface area contributed by atoms with Gasteiger partial charge in [0.1, 0.15) is 11.6 Å². The van der Waals surface area contributed by atoms with Gasteiger partial charge in [0.25, 0.3) is 0 Å². The molecule has 0 saturated heterocycles. The Balaban J connectivity index is 1.64. The van der Waals surface area contributed by atoms with Crippen LogP contribution >= 0.6 is 11.6 Å². The summed E-state index contributed by atoms with van der Waals surface area (Å²) in [4.78, 5) is 0. The Morgan fingerprint density at radius 2 is 1.64 bits per heavy atom. The number of allylic oxidation sites excluding steroid dienone is 1. The van der Waals surface area contributed by atoms with Crippen molar-refractivity contribution < 1.29 is 8.78 Å². The summed E-state index contributed by atoms with van der Waals surface area (Å²) < 4.78 is 29.2. The van der Waals surface area contributed by atoms with Gasteiger partial charge in [-0.2, -0.15) is 0 Å². The van der Waals surface area contributed by atoms with Crippen LogP contribution < -0.4 is 0 Å². The van der Waals surface area contributed by atoms with Gasteiger partial charge in [0, 0.05) is 11.0 Å². The van der Waals surface area contributed by atoms with Crippen molar-refractivity contribution in [2.45, 2.75) is 77.0 Å². The average molecular weight is 405 g/mol. The highest BCUT2D eigenvalue weighted by Gasteiger charge is 2.24. The molecule has 1 aromatic rings. The molecule has 0 nitrogen and oxygen atoms in total. The first kappa shape index (κ1) is 21.4. The van der Waals surface area contributed by atoms with Crippen molar-refractivity contribution in [3.63, 3.8) is 0 Å². The summed E-state index contributed by atoms with van der Waals surface area (Å²) in [5.74, 6) is 6.45. The van der Waals surface area contributed by atoms with Crippen LogP contribution in [-0.2, 0) is 0 Å². The van der Waals surface area contributed by atoms with Gasteiger partial charge in [-0.15, -0.1) is 0 Å². The summed E-state index contributed by atoms with van der Waals surface area (Å²) in [7, 11) is 0. The highest BCUT2D eigenvalue weighted by Crippen LogP contribution is 2.38. The molecule has 0 spiro atoms. The molecule has 28 heavy (non-hydrogen) atoms. The molecule has 0 aromatic heterocycles. The molecular formula is C25H31ClF2. The summed E-state index contributed by atoms with van der Waals surface area (Å²) >= 11 is 5.99. The van der Waals surface area contributed by atoms with Crippen molar-refractivity contribution in [1.29, 1.82) is 0 Å². The second-order valence-electron chi connectivity index (χ2n) is 8.63. The molecule has 0 N–H and O–H groups in total. The smallest absolute Gasteiger partial charge is 0.142 e. The summed E-state index contributed by atoms with van der Waals surface area (Å²) in [6, 6.07) is 3.04. The molecule has 2 aliphatic rings. The fourth-order valence-corrected chi connectivity index (χ4v) is 5.08. The summed E-state index contributed by atoms with van der Waals surface area (Å²) in [5.41, 5.74) is 0.726. The molecule has 2 saturated carbocycles. The van der Waals surface area contributed by atoms with Gasteiger partial charge in [-0.05, 0) is 86.8 Å². The van der Waals surface area contributed by atoms with E-state index < -0.39 is 11.6 Å². The lowest BCUT2D eigenvalue weighted by molar-refractivity contribution is 0.307. The summed E-state index contributed by atoms with van der Waals surface area (Å²) in [6.07, 6.45) is 10.6. The van der Waals surface area contributed by atoms with Gasteiger partial charge in [-0.25, -0.2) is 8.78 Å². The standard InChI is InChI=1S/C25H31ClF2/c1-3-4-18-7-12-21(13-8-18)22-15-24(27)23(25(28)16-22)14-9-19-5-10-20(11-6-19)17(2)26/h15-16,18-21H,2-8,10-13H2,1H3/t18-,19-,20-,21-. The normalized spacial score (nSPS) is 27.7. The summed E-state index contributed by atoms with van der Waals surface area (Å²) in [6.45, 7) is 6.03. The fourth-order valence-electron chi connectivity index (χ4n) is 4.87. The van der Waals surface area contributed by atoms with Crippen LogP contribution in [0.2, 0.25) is 0 Å². The van der Waals surface area contributed by atoms with Crippen molar-refractivity contribution in [3.8, 4) is 11.8 Å². The predicted molar refractivity (Wildman–Crippen MR) is 113 cm³/mol. The molecule has 0 bridgehead atoms. The van der Waals surface area contributed by atoms with Crippen LogP contribution in [0, 0.1) is 41.2 Å². The van der Waals surface area contributed by atoms with Crippen LogP contribution in [0.25, 0.3) is 0 Å². The lowest BCUT2D eigenvalue weighted by Crippen LogP contribution is -2.14. The molecule has 0 amide bonds. The van der Waals surface area contributed by atoms with Crippen molar-refractivity contribution in [2.24, 2.45) is 17.8 Å². The lowest BCUT2D eigenvalue weighted by atomic mass is 9.77. The van der Waals surface area contributed by atoms with Crippen LogP contribution in [0.3, 0.4) is 0 Å². The molecule has 0 heterocycles. The Bertz CT molecular complexity index is 719. The van der Waals surface area contributed by atoms with E-state index in [1.165, 1.54) is 37.8 Å². The van der Waals surface area contributed by atoms with Gasteiger partial charge < -0.3 is 0 Å². The van der Waals surface area contributed by atoms with Crippen LogP contribution in [0.1, 0.15) is 88.2 Å². The molecule has 0 radical (unpaired) electrons. The van der Waals surface area contributed by atoms with Crippen molar-refractivity contribution >= 4 is 11.6 Å². The molecule has 3 heteroatoms. The molecule has 0 aliphatic heterocycles. The molecule has 1 aromatic carbocycles. The van der Waals surface area contributed by atoms with Crippen LogP contribution in [0.4, 0.5) is 8.78 Å². The highest BCUT2D eigenvalue weighted by molar-refractivity contribution is 6.29. The number of halogens is 3. The Morgan fingerprint density at radius 3 is 2.18 bits per heavy atom. The largest absolute Gasteiger partial charge is 0.206 e. The van der Waals surface area contributed by atoms with Crippen LogP contribution in [0.5, 0.6) is 0 Å². The van der Waals surface area contributed by atoms with E-state index in [-0.39, 0.29) is 17.4 Å². The van der Waals surface area contributed by atoms with Crippen LogP contribution in [0.15, 0.2) is 23.7 Å². The maximum absolute atomic E-state index is 14.6. The molecule has 152 valence electrons. The van der Waals surface area contributed by atoms with Gasteiger partial charge >= 0.3 is 0 Å². The third-order valence-corrected chi connectivity index (χ3v) is 6.96. The first-order valence-electron chi connectivity index (χ1n) is 10.8. The quantitative estimate of drug-likeness (QED) is 0.446. The number of hydrogen-bond acceptors (Lipinski definition) is 0. The van der Waals surface area contributed by atoms with Gasteiger partial charge in [0.05, 0.1) is 5.56 Å². The number of rotatable bonds is 4. The van der Waals surface area contributed by atoms with Crippen LogP contribution in [-0.4, -0.2) is 0 Å². The zero-order valence-electron chi connectivity index (χ0n) is 16.9. The van der Waals surface area contributed by atoms with E-state index in [9.17, 15) is 8.78 Å². The van der Waals surface area contributed by atoms with E-state index in [0.29, 0.717) is 11.0 Å². The lowest BCUT2D eigenvalue weighted by Gasteiger charge is -2.28. The van der Waals surface area contributed by atoms with Gasteiger partial charge in [0.15, 0.2) is 0 Å². The van der Waals surface area contributed by atoms with E-state index >= 15 is 0 Å². The third-order valence-electron chi connectivity index (χ3n) is 6.65. The maximum Gasteiger partial charge on any atom is 0.142 e. The second kappa shape index (κ2) is 9.93. The molecule has 2 fully saturated rings. The predicted octanol–water partition coefficient (Wildman–Crippen LogP) is 7.95. The molecule has 0 unspecified atom stereocenters. The van der Waals surface area contributed by atoms with E-state index in [1.54, 1.807) is 0 Å². The number of hydrogen-bond donors (Lipinski definition) is 0. The fraction of sp³-hybridized carbons (Fsp3) is 0.600. The van der Waals surface area contributed by atoms with E-state index in [1.807, 2.05) is 0 Å². The average Bonchev–Trinajstić information content (AvgIpc) is 2.68. The Labute approximate surface area is 173 Å². The summed E-state index contributed by atoms with van der Waals surface area (Å²) in [5, 5.41) is 0.711. The molecule has 3 rings (SSSR count). The first-order valence-corrected chi connectivity index (χ1v) is 11.2. The maximum atomic E-state index is 14.6. The Hall–Kier alpha value is -1.33. The van der Waals surface area contributed by atoms with Crippen molar-refractivity contribution in [1.82, 2.24) is 0 Å². The zero-order valence-corrected chi connectivity index (χ0v) is 17.6. The number of benzene rings is 1. The van der Waals surface area contributed by atoms with E-state index in [4.69, 9.17) is 11.6 Å². The Morgan fingerprint density at radius 1 is 1.04 bits per heavy atom. The van der Waals surface area contributed by atoms with Gasteiger partial charge in [0.2, 0.25) is 0 Å². The van der Waals surface area contributed by atoms with Crippen molar-refractivity contribution in [3.05, 3.63) is 46.5 Å². The first-order chi connectivity index (χ1) is 13.5. The topological polar surface area (TPSA) is 0 Å². The van der Waals surface area contributed by atoms with Gasteiger partial charge in [-0.3, -0.25) is 0 Å². The minimum absolute atomic E-state index is 0.0766. The zero-order chi connectivity index (χ0) is 20.1. The SMILES string of the molecule is C=C(Cl)[C@H]1CC[C@H](C#Cc2c(F)cc([C@H]3CC[C@H](CCC)CC3)cc2F)CC1. The highest BCUT2D eigenvalue weighted by atomic mass is 35.5. The van der Waals surface area contributed by atoms with Crippen molar-refractivity contribution in [2.75, 3.05) is 0 Å². The minimum atomic E-state index is -0.513. The Kier molecular flexibility index (Phi) is 7.58. The van der Waals surface area contributed by atoms with Gasteiger partial charge in [-0.1, -0.05) is 49.8 Å². The molecule has 0 atom stereocenters. The van der Waals surface area contributed by atoms with E-state index in [2.05, 4.69) is 25.3 Å². The monoisotopic (exact) mass is 404 g/mol. The molecule has 2 aliphatic carbocycles. The third kappa shape index (κ3) is 5.38. The minimum Gasteiger partial charge on any atom is -0.206 e. The molecular weight excluding hydrogens is 374 g/mol. The second-order valence-corrected chi connectivity index (χ2v) is 9.12. The van der Waals surface area contributed by atoms with E-state index in [0.717, 1.165) is 50.0 Å².